The van der Waals surface area contributed by atoms with Crippen molar-refractivity contribution in [2.24, 2.45) is 11.3 Å². The number of benzene rings is 1. The Morgan fingerprint density at radius 3 is 2.35 bits per heavy atom. The van der Waals surface area contributed by atoms with Gasteiger partial charge >= 0.3 is 0 Å². The van der Waals surface area contributed by atoms with Gasteiger partial charge in [-0.25, -0.2) is 0 Å². The number of nitrogens with zero attached hydrogens (tertiary/aromatic N) is 1. The zero-order valence-electron chi connectivity index (χ0n) is 13.8. The minimum absolute atomic E-state index is 0.0673. The number of methoxy groups -OCH3 is 1. The number of carbonyl (C=O) groups is 1. The highest BCUT2D eigenvalue weighted by Gasteiger charge is 2.69. The molecule has 126 valence electrons. The van der Waals surface area contributed by atoms with Crippen LogP contribution in [0.15, 0.2) is 24.3 Å². The number of ether oxygens (including phenoxy) is 1. The lowest BCUT2D eigenvalue weighted by Crippen LogP contribution is -2.44. The molecule has 1 amide bonds. The molecule has 2 atom stereocenters. The Kier molecular flexibility index (Phi) is 4.31. The van der Waals surface area contributed by atoms with Crippen molar-refractivity contribution in [1.29, 1.82) is 0 Å². The van der Waals surface area contributed by atoms with Crippen molar-refractivity contribution in [1.82, 2.24) is 4.90 Å². The van der Waals surface area contributed by atoms with Crippen LogP contribution in [0.4, 0.5) is 0 Å². The first-order valence-electron chi connectivity index (χ1n) is 8.10. The Bertz CT molecular complexity index is 598. The van der Waals surface area contributed by atoms with Crippen molar-refractivity contribution < 1.29 is 9.53 Å². The quantitative estimate of drug-likeness (QED) is 0.707. The van der Waals surface area contributed by atoms with Crippen molar-refractivity contribution in [2.45, 2.75) is 50.0 Å². The van der Waals surface area contributed by atoms with E-state index in [1.54, 1.807) is 7.11 Å². The van der Waals surface area contributed by atoms with Crippen LogP contribution in [-0.2, 0) is 11.3 Å². The average Bonchev–Trinajstić information content (AvgIpc) is 3.42. The van der Waals surface area contributed by atoms with Gasteiger partial charge in [-0.2, -0.15) is 0 Å². The van der Waals surface area contributed by atoms with Gasteiger partial charge in [-0.05, 0) is 56.7 Å². The second-order valence-corrected chi connectivity index (χ2v) is 8.56. The molecule has 0 spiro atoms. The lowest BCUT2D eigenvalue weighted by molar-refractivity contribution is -0.139. The smallest absolute Gasteiger partial charge is 0.232 e. The molecule has 1 aromatic carbocycles. The zero-order chi connectivity index (χ0) is 16.8. The first kappa shape index (κ1) is 16.9. The van der Waals surface area contributed by atoms with E-state index in [1.165, 1.54) is 12.8 Å². The first-order chi connectivity index (χ1) is 10.8. The van der Waals surface area contributed by atoms with Crippen LogP contribution in [0.2, 0.25) is 0 Å². The molecule has 0 aliphatic heterocycles. The maximum atomic E-state index is 13.1. The van der Waals surface area contributed by atoms with Gasteiger partial charge in [-0.15, -0.1) is 23.2 Å². The molecule has 2 unspecified atom stereocenters. The molecule has 0 aromatic heterocycles. The molecule has 0 heterocycles. The molecular weight excluding hydrogens is 333 g/mol. The van der Waals surface area contributed by atoms with E-state index in [1.807, 2.05) is 36.1 Å². The number of rotatable bonds is 6. The van der Waals surface area contributed by atoms with Gasteiger partial charge in [-0.1, -0.05) is 12.1 Å². The molecule has 23 heavy (non-hydrogen) atoms. The second-order valence-electron chi connectivity index (χ2n) is 7.07. The maximum Gasteiger partial charge on any atom is 0.232 e. The molecule has 0 saturated heterocycles. The van der Waals surface area contributed by atoms with E-state index in [9.17, 15) is 4.79 Å². The molecular formula is C18H23Cl2NO2. The molecule has 3 rings (SSSR count). The van der Waals surface area contributed by atoms with Crippen LogP contribution >= 0.6 is 23.2 Å². The van der Waals surface area contributed by atoms with Gasteiger partial charge in [0, 0.05) is 12.6 Å². The summed E-state index contributed by atoms with van der Waals surface area (Å²) in [5.41, 5.74) is 0.428. The number of alkyl halides is 2. The number of hydrogen-bond donors (Lipinski definition) is 0. The maximum absolute atomic E-state index is 13.1. The summed E-state index contributed by atoms with van der Waals surface area (Å²) >= 11 is 12.5. The average molecular weight is 356 g/mol. The van der Waals surface area contributed by atoms with Crippen molar-refractivity contribution in [2.75, 3.05) is 7.11 Å². The first-order valence-corrected chi connectivity index (χ1v) is 8.86. The van der Waals surface area contributed by atoms with Crippen molar-refractivity contribution in [3.05, 3.63) is 29.8 Å². The molecule has 0 N–H and O–H groups in total. The van der Waals surface area contributed by atoms with Gasteiger partial charge < -0.3 is 9.64 Å². The van der Waals surface area contributed by atoms with Gasteiger partial charge in [-0.3, -0.25) is 4.79 Å². The van der Waals surface area contributed by atoms with Gasteiger partial charge in [0.2, 0.25) is 5.91 Å². The Labute approximate surface area is 147 Å². The van der Waals surface area contributed by atoms with E-state index in [0.29, 0.717) is 18.9 Å². The largest absolute Gasteiger partial charge is 0.497 e. The normalized spacial score (nSPS) is 26.5. The fourth-order valence-electron chi connectivity index (χ4n) is 3.11. The summed E-state index contributed by atoms with van der Waals surface area (Å²) in [6, 6.07) is 8.06. The van der Waals surface area contributed by atoms with Crippen LogP contribution in [0.5, 0.6) is 5.75 Å². The standard InChI is InChI=1S/C18H23Cl2NO2/c1-12(14-6-7-14)21(16(22)17(2)11-18(17,19)20)10-13-4-8-15(23-3)9-5-13/h4-5,8-9,12,14H,6-7,10-11H2,1-3H3. The van der Waals surface area contributed by atoms with E-state index in [0.717, 1.165) is 11.3 Å². The topological polar surface area (TPSA) is 29.5 Å². The van der Waals surface area contributed by atoms with E-state index in [2.05, 4.69) is 6.92 Å². The van der Waals surface area contributed by atoms with Crippen molar-refractivity contribution in [3.63, 3.8) is 0 Å². The highest BCUT2D eigenvalue weighted by molar-refractivity contribution is 6.53. The monoisotopic (exact) mass is 355 g/mol. The zero-order valence-corrected chi connectivity index (χ0v) is 15.3. The Hall–Kier alpha value is -0.930. The number of amides is 1. The third-order valence-corrected chi connectivity index (χ3v) is 6.40. The summed E-state index contributed by atoms with van der Waals surface area (Å²) in [6.45, 7) is 4.59. The third-order valence-electron chi connectivity index (χ3n) is 5.30. The summed E-state index contributed by atoms with van der Waals surface area (Å²) in [5.74, 6) is 1.48. The van der Waals surface area contributed by atoms with Gasteiger partial charge in [0.15, 0.2) is 0 Å². The van der Waals surface area contributed by atoms with E-state index in [4.69, 9.17) is 27.9 Å². The number of halogens is 2. The molecule has 2 saturated carbocycles. The molecule has 3 nitrogen and oxygen atoms in total. The third kappa shape index (κ3) is 3.18. The predicted octanol–water partition coefficient (Wildman–Crippen LogP) is 4.41. The molecule has 0 bridgehead atoms. The molecule has 0 radical (unpaired) electrons. The number of hydrogen-bond acceptors (Lipinski definition) is 2. The Morgan fingerprint density at radius 1 is 1.35 bits per heavy atom. The van der Waals surface area contributed by atoms with Crippen LogP contribution in [0.3, 0.4) is 0 Å². The Morgan fingerprint density at radius 2 is 1.91 bits per heavy atom. The summed E-state index contributed by atoms with van der Waals surface area (Å²) in [4.78, 5) is 15.0. The lowest BCUT2D eigenvalue weighted by atomic mass is 10.0. The minimum atomic E-state index is -0.925. The van der Waals surface area contributed by atoms with Crippen LogP contribution in [0.1, 0.15) is 38.7 Å². The molecule has 5 heteroatoms. The van der Waals surface area contributed by atoms with Gasteiger partial charge in [0.05, 0.1) is 12.5 Å². The molecule has 2 aliphatic carbocycles. The van der Waals surface area contributed by atoms with E-state index >= 15 is 0 Å². The Balaban J connectivity index is 1.79. The van der Waals surface area contributed by atoms with E-state index in [-0.39, 0.29) is 11.9 Å². The van der Waals surface area contributed by atoms with Crippen molar-refractivity contribution >= 4 is 29.1 Å². The minimum Gasteiger partial charge on any atom is -0.497 e. The molecule has 1 aromatic rings. The van der Waals surface area contributed by atoms with Crippen molar-refractivity contribution in [3.8, 4) is 5.75 Å². The highest BCUT2D eigenvalue weighted by atomic mass is 35.5. The summed E-state index contributed by atoms with van der Waals surface area (Å²) in [5, 5.41) is 0. The predicted molar refractivity (Wildman–Crippen MR) is 92.9 cm³/mol. The van der Waals surface area contributed by atoms with Crippen LogP contribution < -0.4 is 4.74 Å². The fraction of sp³-hybridized carbons (Fsp3) is 0.611. The van der Waals surface area contributed by atoms with Gasteiger partial charge in [0.25, 0.3) is 0 Å². The second kappa shape index (κ2) is 5.86. The van der Waals surface area contributed by atoms with Crippen LogP contribution in [0, 0.1) is 11.3 Å². The van der Waals surface area contributed by atoms with Gasteiger partial charge in [0.1, 0.15) is 10.1 Å². The number of carbonyl (C=O) groups excluding carboxylic acids is 1. The fourth-order valence-corrected chi connectivity index (χ4v) is 3.81. The summed E-state index contributed by atoms with van der Waals surface area (Å²) in [7, 11) is 1.65. The highest BCUT2D eigenvalue weighted by Crippen LogP contribution is 2.64. The van der Waals surface area contributed by atoms with E-state index < -0.39 is 9.75 Å². The molecule has 2 fully saturated rings. The molecule has 2 aliphatic rings. The van der Waals surface area contributed by atoms with Crippen LogP contribution in [-0.4, -0.2) is 28.3 Å². The SMILES string of the molecule is COc1ccc(CN(C(=O)C2(C)CC2(Cl)Cl)C(C)C2CC2)cc1. The van der Waals surface area contributed by atoms with Crippen LogP contribution in [0.25, 0.3) is 0 Å². The lowest BCUT2D eigenvalue weighted by Gasteiger charge is -2.32. The summed E-state index contributed by atoms with van der Waals surface area (Å²) in [6.07, 6.45) is 2.91. The summed E-state index contributed by atoms with van der Waals surface area (Å²) < 4.78 is 4.27.